The summed E-state index contributed by atoms with van der Waals surface area (Å²) in [6.07, 6.45) is 2.23. The average Bonchev–Trinajstić information content (AvgIpc) is 3.43. The Labute approximate surface area is 185 Å². The number of anilines is 1. The van der Waals surface area contributed by atoms with Gasteiger partial charge in [-0.05, 0) is 57.4 Å². The van der Waals surface area contributed by atoms with Crippen molar-refractivity contribution in [2.75, 3.05) is 5.32 Å². The molecular formula is C22H18F2N4OS2. The monoisotopic (exact) mass is 456 g/mol. The van der Waals surface area contributed by atoms with Crippen LogP contribution in [0.3, 0.4) is 0 Å². The van der Waals surface area contributed by atoms with E-state index in [2.05, 4.69) is 15.3 Å². The van der Waals surface area contributed by atoms with E-state index in [-0.39, 0.29) is 5.91 Å². The van der Waals surface area contributed by atoms with Gasteiger partial charge in [0.25, 0.3) is 5.91 Å². The van der Waals surface area contributed by atoms with Gasteiger partial charge in [0.15, 0.2) is 16.8 Å². The molecule has 0 aliphatic heterocycles. The second kappa shape index (κ2) is 7.42. The number of fused-ring (bicyclic) bond motifs is 1. The number of benzene rings is 1. The van der Waals surface area contributed by atoms with E-state index in [1.165, 1.54) is 28.7 Å². The number of carbonyl (C=O) groups excluding carboxylic acids is 1. The first kappa shape index (κ1) is 20.1. The van der Waals surface area contributed by atoms with Crippen molar-refractivity contribution >= 4 is 43.9 Å². The van der Waals surface area contributed by atoms with Crippen molar-refractivity contribution in [3.63, 3.8) is 0 Å². The third-order valence-electron chi connectivity index (χ3n) is 5.35. The number of halogens is 2. The molecule has 0 spiro atoms. The van der Waals surface area contributed by atoms with Crippen molar-refractivity contribution in [3.8, 4) is 11.3 Å². The summed E-state index contributed by atoms with van der Waals surface area (Å²) >= 11 is 2.65. The van der Waals surface area contributed by atoms with Crippen LogP contribution in [0.2, 0.25) is 0 Å². The largest absolute Gasteiger partial charge is 0.297 e. The molecule has 3 aromatic heterocycles. The Morgan fingerprint density at radius 3 is 2.55 bits per heavy atom. The van der Waals surface area contributed by atoms with E-state index >= 15 is 0 Å². The first-order valence-corrected chi connectivity index (χ1v) is 11.5. The molecule has 1 aromatic carbocycles. The third-order valence-corrected chi connectivity index (χ3v) is 7.42. The molecule has 1 N–H and O–H groups in total. The van der Waals surface area contributed by atoms with Crippen LogP contribution in [0, 0.1) is 32.4 Å². The summed E-state index contributed by atoms with van der Waals surface area (Å²) in [5.41, 5.74) is 2.73. The molecular weight excluding hydrogens is 438 g/mol. The summed E-state index contributed by atoms with van der Waals surface area (Å²) in [6.45, 7) is 5.68. The van der Waals surface area contributed by atoms with Crippen LogP contribution in [0.15, 0.2) is 18.2 Å². The van der Waals surface area contributed by atoms with Gasteiger partial charge in [-0.15, -0.1) is 22.7 Å². The number of amides is 1. The second-order valence-electron chi connectivity index (χ2n) is 7.68. The van der Waals surface area contributed by atoms with E-state index in [4.69, 9.17) is 4.98 Å². The number of thiophene rings is 1. The van der Waals surface area contributed by atoms with Crippen molar-refractivity contribution in [2.24, 2.45) is 0 Å². The maximum Gasteiger partial charge on any atom is 0.267 e. The maximum absolute atomic E-state index is 13.6. The van der Waals surface area contributed by atoms with E-state index in [9.17, 15) is 13.6 Å². The average molecular weight is 457 g/mol. The Morgan fingerprint density at radius 2 is 1.84 bits per heavy atom. The molecule has 1 amide bonds. The fourth-order valence-electron chi connectivity index (χ4n) is 3.62. The number of nitrogens with zero attached hydrogens (tertiary/aromatic N) is 3. The van der Waals surface area contributed by atoms with Gasteiger partial charge in [-0.3, -0.25) is 10.1 Å². The molecule has 31 heavy (non-hydrogen) atoms. The Kier molecular flexibility index (Phi) is 4.82. The van der Waals surface area contributed by atoms with E-state index in [0.29, 0.717) is 27.2 Å². The molecule has 0 radical (unpaired) electrons. The maximum atomic E-state index is 13.6. The van der Waals surface area contributed by atoms with Crippen LogP contribution < -0.4 is 5.32 Å². The van der Waals surface area contributed by atoms with Crippen LogP contribution in [-0.2, 0) is 0 Å². The summed E-state index contributed by atoms with van der Waals surface area (Å²) in [4.78, 5) is 29.0. The SMILES string of the molecule is Cc1sc(NC(=O)c2sc3nc(C4CC4)nc(C)c3c2C)nc1-c1ccc(F)c(F)c1. The molecule has 1 fully saturated rings. The fraction of sp³-hybridized carbons (Fsp3) is 0.273. The smallest absolute Gasteiger partial charge is 0.267 e. The second-order valence-corrected chi connectivity index (χ2v) is 9.89. The summed E-state index contributed by atoms with van der Waals surface area (Å²) in [7, 11) is 0. The highest BCUT2D eigenvalue weighted by Gasteiger charge is 2.28. The number of hydrogen-bond donors (Lipinski definition) is 1. The number of carbonyl (C=O) groups is 1. The van der Waals surface area contributed by atoms with Crippen molar-refractivity contribution in [3.05, 3.63) is 56.7 Å². The molecule has 4 aromatic rings. The van der Waals surface area contributed by atoms with Crippen molar-refractivity contribution in [1.29, 1.82) is 0 Å². The zero-order valence-electron chi connectivity index (χ0n) is 17.0. The predicted molar refractivity (Wildman–Crippen MR) is 119 cm³/mol. The molecule has 0 atom stereocenters. The highest BCUT2D eigenvalue weighted by atomic mass is 32.1. The molecule has 0 saturated heterocycles. The lowest BCUT2D eigenvalue weighted by Gasteiger charge is -2.02. The van der Waals surface area contributed by atoms with Gasteiger partial charge in [-0.25, -0.2) is 23.7 Å². The fourth-order valence-corrected chi connectivity index (χ4v) is 5.58. The minimum absolute atomic E-state index is 0.265. The Bertz CT molecular complexity index is 1360. The Balaban J connectivity index is 1.45. The molecule has 1 aliphatic carbocycles. The lowest BCUT2D eigenvalue weighted by molar-refractivity contribution is 0.103. The van der Waals surface area contributed by atoms with Gasteiger partial charge < -0.3 is 0 Å². The Hall–Kier alpha value is -2.78. The summed E-state index contributed by atoms with van der Waals surface area (Å²) in [6, 6.07) is 3.65. The molecule has 1 aliphatic rings. The van der Waals surface area contributed by atoms with Crippen molar-refractivity contribution in [2.45, 2.75) is 39.5 Å². The number of hydrogen-bond acceptors (Lipinski definition) is 6. The number of rotatable bonds is 4. The summed E-state index contributed by atoms with van der Waals surface area (Å²) < 4.78 is 26.9. The number of thiazole rings is 1. The minimum atomic E-state index is -0.932. The minimum Gasteiger partial charge on any atom is -0.297 e. The van der Waals surface area contributed by atoms with Crippen LogP contribution >= 0.6 is 22.7 Å². The number of nitrogens with one attached hydrogen (secondary N) is 1. The van der Waals surface area contributed by atoms with Gasteiger partial charge in [-0.1, -0.05) is 0 Å². The van der Waals surface area contributed by atoms with Gasteiger partial charge >= 0.3 is 0 Å². The molecule has 3 heterocycles. The van der Waals surface area contributed by atoms with Gasteiger partial charge in [0.1, 0.15) is 10.7 Å². The quantitative estimate of drug-likeness (QED) is 0.400. The van der Waals surface area contributed by atoms with Crippen LogP contribution in [0.5, 0.6) is 0 Å². The molecule has 5 rings (SSSR count). The lowest BCUT2D eigenvalue weighted by Crippen LogP contribution is -2.11. The van der Waals surface area contributed by atoms with Crippen LogP contribution in [-0.4, -0.2) is 20.9 Å². The topological polar surface area (TPSA) is 67.8 Å². The van der Waals surface area contributed by atoms with E-state index in [1.54, 1.807) is 0 Å². The summed E-state index contributed by atoms with van der Waals surface area (Å²) in [5, 5.41) is 4.18. The first-order valence-electron chi connectivity index (χ1n) is 9.83. The highest BCUT2D eigenvalue weighted by molar-refractivity contribution is 7.21. The predicted octanol–water partition coefficient (Wildman–Crippen LogP) is 6.15. The molecule has 0 bridgehead atoms. The van der Waals surface area contributed by atoms with Gasteiger partial charge in [0.05, 0.1) is 16.3 Å². The van der Waals surface area contributed by atoms with E-state index < -0.39 is 11.6 Å². The molecule has 9 heteroatoms. The van der Waals surface area contributed by atoms with Gasteiger partial charge in [-0.2, -0.15) is 0 Å². The Morgan fingerprint density at radius 1 is 1.06 bits per heavy atom. The third kappa shape index (κ3) is 3.61. The van der Waals surface area contributed by atoms with Crippen LogP contribution in [0.1, 0.15) is 50.4 Å². The first-order chi connectivity index (χ1) is 14.8. The summed E-state index contributed by atoms with van der Waals surface area (Å²) in [5.74, 6) is -0.800. The number of aryl methyl sites for hydroxylation is 3. The molecule has 1 saturated carbocycles. The van der Waals surface area contributed by atoms with Gasteiger partial charge in [0.2, 0.25) is 0 Å². The van der Waals surface area contributed by atoms with Gasteiger partial charge in [0, 0.05) is 21.7 Å². The number of aromatic nitrogens is 3. The highest BCUT2D eigenvalue weighted by Crippen LogP contribution is 2.40. The van der Waals surface area contributed by atoms with Crippen LogP contribution in [0.25, 0.3) is 21.5 Å². The van der Waals surface area contributed by atoms with Crippen molar-refractivity contribution < 1.29 is 13.6 Å². The lowest BCUT2D eigenvalue weighted by atomic mass is 10.1. The normalized spacial score (nSPS) is 13.7. The zero-order chi connectivity index (χ0) is 21.9. The molecule has 0 unspecified atom stereocenters. The molecule has 5 nitrogen and oxygen atoms in total. The van der Waals surface area contributed by atoms with E-state index in [1.807, 2.05) is 20.8 Å². The zero-order valence-corrected chi connectivity index (χ0v) is 18.7. The molecule has 158 valence electrons. The van der Waals surface area contributed by atoms with Crippen LogP contribution in [0.4, 0.5) is 13.9 Å². The van der Waals surface area contributed by atoms with E-state index in [0.717, 1.165) is 57.1 Å². The van der Waals surface area contributed by atoms with Crippen molar-refractivity contribution in [1.82, 2.24) is 15.0 Å². The standard InChI is InChI=1S/C22H18F2N4OS2/c1-9-16-10(2)25-19(12-4-5-12)27-21(16)31-18(9)20(29)28-22-26-17(11(3)30-22)13-6-7-14(23)15(24)8-13/h6-8,12H,4-5H2,1-3H3,(H,26,28,29).